The third-order valence-electron chi connectivity index (χ3n) is 4.01. The number of amides is 3. The van der Waals surface area contributed by atoms with Gasteiger partial charge in [-0.3, -0.25) is 14.4 Å². The number of primary amides is 1. The average molecular weight is 367 g/mol. The largest absolute Gasteiger partial charge is 0.494 e. The van der Waals surface area contributed by atoms with Gasteiger partial charge in [-0.1, -0.05) is 18.2 Å². The van der Waals surface area contributed by atoms with Gasteiger partial charge in [0.05, 0.1) is 19.7 Å². The van der Waals surface area contributed by atoms with Crippen molar-refractivity contribution in [1.29, 1.82) is 0 Å². The van der Waals surface area contributed by atoms with Gasteiger partial charge in [0.25, 0.3) is 0 Å². The number of nitrogens with zero attached hydrogens (tertiary/aromatic N) is 1. The third kappa shape index (κ3) is 5.16. The zero-order valence-electron chi connectivity index (χ0n) is 14.1. The highest BCUT2D eigenvalue weighted by Gasteiger charge is 2.46. The average Bonchev–Trinajstić information content (AvgIpc) is 2.93. The molecule has 3 unspecified atom stereocenters. The summed E-state index contributed by atoms with van der Waals surface area (Å²) in [5.41, 5.74) is 5.10. The van der Waals surface area contributed by atoms with E-state index in [1.54, 1.807) is 12.1 Å². The summed E-state index contributed by atoms with van der Waals surface area (Å²) in [4.78, 5) is 36.0. The predicted molar refractivity (Wildman–Crippen MR) is 89.8 cm³/mol. The number of hydrogen-bond donors (Lipinski definition) is 3. The van der Waals surface area contributed by atoms with Crippen LogP contribution in [0.4, 0.5) is 4.39 Å². The molecule has 0 bridgehead atoms. The first-order chi connectivity index (χ1) is 12.4. The second-order valence-corrected chi connectivity index (χ2v) is 5.94. The highest BCUT2D eigenvalue weighted by Crippen LogP contribution is 2.21. The molecular weight excluding hydrogens is 345 g/mol. The van der Waals surface area contributed by atoms with Gasteiger partial charge in [0.1, 0.15) is 24.1 Å². The van der Waals surface area contributed by atoms with E-state index in [1.807, 2.05) is 18.2 Å². The van der Waals surface area contributed by atoms with Gasteiger partial charge >= 0.3 is 0 Å². The molecule has 1 aromatic rings. The number of ether oxygens (including phenoxy) is 1. The zero-order chi connectivity index (χ0) is 19.1. The third-order valence-corrected chi connectivity index (χ3v) is 4.01. The van der Waals surface area contributed by atoms with Crippen LogP contribution in [0.2, 0.25) is 0 Å². The lowest BCUT2D eigenvalue weighted by Crippen LogP contribution is -2.51. The molecule has 26 heavy (non-hydrogen) atoms. The summed E-state index contributed by atoms with van der Waals surface area (Å²) < 4.78 is 19.0. The maximum absolute atomic E-state index is 13.5. The number of carbonyl (C=O) groups excluding carboxylic acids is 3. The summed E-state index contributed by atoms with van der Waals surface area (Å²) in [6.07, 6.45) is -2.80. The molecule has 8 nitrogen and oxygen atoms in total. The summed E-state index contributed by atoms with van der Waals surface area (Å²) in [5.74, 6) is -1.34. The Kier molecular flexibility index (Phi) is 6.90. The van der Waals surface area contributed by atoms with Crippen molar-refractivity contribution in [2.75, 3.05) is 19.7 Å². The van der Waals surface area contributed by atoms with Crippen molar-refractivity contribution in [2.24, 2.45) is 5.73 Å². The lowest BCUT2D eigenvalue weighted by molar-refractivity contribution is -0.139. The lowest BCUT2D eigenvalue weighted by atomic mass is 10.1. The van der Waals surface area contributed by atoms with E-state index in [1.165, 1.54) is 0 Å². The number of nitrogens with one attached hydrogen (secondary N) is 1. The van der Waals surface area contributed by atoms with Crippen LogP contribution in [0.3, 0.4) is 0 Å². The van der Waals surface area contributed by atoms with Crippen molar-refractivity contribution in [2.45, 2.75) is 31.2 Å². The Morgan fingerprint density at radius 3 is 2.65 bits per heavy atom. The summed E-state index contributed by atoms with van der Waals surface area (Å²) in [5, 5.41) is 12.0. The Bertz CT molecular complexity index is 643. The van der Waals surface area contributed by atoms with Crippen LogP contribution in [0.25, 0.3) is 0 Å². The SMILES string of the molecule is NC(=O)C1C(O)C(F)CN1C(=O)CNC(=O)CCCOc1ccccc1. The molecule has 1 fully saturated rings. The molecule has 0 saturated carbocycles. The van der Waals surface area contributed by atoms with Gasteiger partial charge < -0.3 is 25.8 Å². The van der Waals surface area contributed by atoms with Crippen LogP contribution < -0.4 is 15.8 Å². The lowest BCUT2D eigenvalue weighted by Gasteiger charge is -2.23. The molecule has 0 aliphatic carbocycles. The number of hydrogen-bond acceptors (Lipinski definition) is 5. The van der Waals surface area contributed by atoms with Crippen LogP contribution in [-0.4, -0.2) is 65.7 Å². The van der Waals surface area contributed by atoms with Gasteiger partial charge in [-0.15, -0.1) is 0 Å². The molecule has 1 heterocycles. The molecule has 4 N–H and O–H groups in total. The maximum Gasteiger partial charge on any atom is 0.243 e. The van der Waals surface area contributed by atoms with Crippen molar-refractivity contribution < 1.29 is 28.6 Å². The van der Waals surface area contributed by atoms with E-state index in [0.29, 0.717) is 18.8 Å². The topological polar surface area (TPSA) is 122 Å². The molecular formula is C17H22FN3O5. The Labute approximate surface area is 150 Å². The number of benzene rings is 1. The van der Waals surface area contributed by atoms with E-state index in [9.17, 15) is 23.9 Å². The van der Waals surface area contributed by atoms with Gasteiger partial charge in [-0.25, -0.2) is 4.39 Å². The summed E-state index contributed by atoms with van der Waals surface area (Å²) in [6.45, 7) is -0.493. The van der Waals surface area contributed by atoms with Crippen LogP contribution in [0.5, 0.6) is 5.75 Å². The number of likely N-dealkylation sites (tertiary alicyclic amines) is 1. The first kappa shape index (κ1) is 19.6. The highest BCUT2D eigenvalue weighted by molar-refractivity contribution is 5.90. The van der Waals surface area contributed by atoms with E-state index in [-0.39, 0.29) is 12.3 Å². The minimum Gasteiger partial charge on any atom is -0.494 e. The fourth-order valence-corrected chi connectivity index (χ4v) is 2.67. The first-order valence-electron chi connectivity index (χ1n) is 8.25. The van der Waals surface area contributed by atoms with Gasteiger partial charge in [0.15, 0.2) is 0 Å². The molecule has 3 amide bonds. The Morgan fingerprint density at radius 2 is 2.00 bits per heavy atom. The molecule has 9 heteroatoms. The summed E-state index contributed by atoms with van der Waals surface area (Å²) >= 11 is 0. The minimum absolute atomic E-state index is 0.147. The summed E-state index contributed by atoms with van der Waals surface area (Å²) in [7, 11) is 0. The van der Waals surface area contributed by atoms with E-state index in [2.05, 4.69) is 5.32 Å². The smallest absolute Gasteiger partial charge is 0.243 e. The zero-order valence-corrected chi connectivity index (χ0v) is 14.1. The molecule has 1 saturated heterocycles. The molecule has 0 radical (unpaired) electrons. The van der Waals surface area contributed by atoms with Crippen LogP contribution >= 0.6 is 0 Å². The van der Waals surface area contributed by atoms with E-state index in [4.69, 9.17) is 10.5 Å². The quantitative estimate of drug-likeness (QED) is 0.528. The van der Waals surface area contributed by atoms with Crippen LogP contribution in [-0.2, 0) is 14.4 Å². The molecule has 3 atom stereocenters. The fourth-order valence-electron chi connectivity index (χ4n) is 2.67. The fraction of sp³-hybridized carbons (Fsp3) is 0.471. The molecule has 0 spiro atoms. The monoisotopic (exact) mass is 367 g/mol. The number of aliphatic hydroxyl groups excluding tert-OH is 1. The molecule has 0 aromatic heterocycles. The van der Waals surface area contributed by atoms with Crippen molar-refractivity contribution in [3.63, 3.8) is 0 Å². The molecule has 1 aliphatic rings. The van der Waals surface area contributed by atoms with E-state index >= 15 is 0 Å². The Balaban J connectivity index is 1.69. The number of carbonyl (C=O) groups is 3. The van der Waals surface area contributed by atoms with E-state index < -0.39 is 43.2 Å². The van der Waals surface area contributed by atoms with E-state index in [0.717, 1.165) is 4.90 Å². The van der Waals surface area contributed by atoms with Gasteiger partial charge in [0, 0.05) is 6.42 Å². The second-order valence-electron chi connectivity index (χ2n) is 5.94. The van der Waals surface area contributed by atoms with Crippen LogP contribution in [0.15, 0.2) is 30.3 Å². The molecule has 142 valence electrons. The second kappa shape index (κ2) is 9.14. The Hall–Kier alpha value is -2.68. The normalized spacial score (nSPS) is 22.1. The minimum atomic E-state index is -1.75. The number of aliphatic hydroxyl groups is 1. The Morgan fingerprint density at radius 1 is 1.31 bits per heavy atom. The van der Waals surface area contributed by atoms with Gasteiger partial charge in [-0.2, -0.15) is 0 Å². The van der Waals surface area contributed by atoms with Crippen molar-refractivity contribution in [1.82, 2.24) is 10.2 Å². The van der Waals surface area contributed by atoms with Gasteiger partial charge in [-0.05, 0) is 18.6 Å². The number of para-hydroxylation sites is 1. The standard InChI is InChI=1S/C17H22FN3O5/c18-12-10-21(15(16(12)24)17(19)25)14(23)9-20-13(22)7-4-8-26-11-5-2-1-3-6-11/h1-3,5-6,12,15-16,24H,4,7-10H2,(H2,19,25)(H,20,22). The summed E-state index contributed by atoms with van der Waals surface area (Å²) in [6, 6.07) is 7.72. The molecule has 1 aromatic carbocycles. The van der Waals surface area contributed by atoms with Crippen molar-refractivity contribution >= 4 is 17.7 Å². The predicted octanol–water partition coefficient (Wildman–Crippen LogP) is -0.643. The molecule has 1 aliphatic heterocycles. The molecule has 2 rings (SSSR count). The van der Waals surface area contributed by atoms with Gasteiger partial charge in [0.2, 0.25) is 17.7 Å². The number of halogens is 1. The van der Waals surface area contributed by atoms with Crippen molar-refractivity contribution in [3.05, 3.63) is 30.3 Å². The number of rotatable bonds is 8. The van der Waals surface area contributed by atoms with Crippen molar-refractivity contribution in [3.8, 4) is 5.75 Å². The first-order valence-corrected chi connectivity index (χ1v) is 8.25. The van der Waals surface area contributed by atoms with Crippen LogP contribution in [0, 0.1) is 0 Å². The maximum atomic E-state index is 13.5. The number of nitrogens with two attached hydrogens (primary N) is 1. The van der Waals surface area contributed by atoms with Crippen LogP contribution in [0.1, 0.15) is 12.8 Å². The number of alkyl halides is 1. The highest BCUT2D eigenvalue weighted by atomic mass is 19.1.